The molecule has 1 aliphatic rings. The number of anilines is 1. The second-order valence-corrected chi connectivity index (χ2v) is 5.25. The summed E-state index contributed by atoms with van der Waals surface area (Å²) in [5.41, 5.74) is 3.51. The molecule has 1 fully saturated rings. The highest BCUT2D eigenvalue weighted by atomic mass is 32.1. The van der Waals surface area contributed by atoms with Gasteiger partial charge in [-0.15, -0.1) is 0 Å². The monoisotopic (exact) mass is 264 g/mol. The summed E-state index contributed by atoms with van der Waals surface area (Å²) in [5, 5.41) is 7.08. The number of aryl methyl sites for hydroxylation is 2. The summed E-state index contributed by atoms with van der Waals surface area (Å²) in [6.45, 7) is 5.84. The molecule has 2 N–H and O–H groups in total. The van der Waals surface area contributed by atoms with Crippen molar-refractivity contribution in [2.45, 2.75) is 32.8 Å². The average molecular weight is 264 g/mol. The van der Waals surface area contributed by atoms with Gasteiger partial charge in [0.05, 0.1) is 6.10 Å². The van der Waals surface area contributed by atoms with Gasteiger partial charge in [-0.1, -0.05) is 6.07 Å². The highest BCUT2D eigenvalue weighted by molar-refractivity contribution is 7.80. The maximum atomic E-state index is 5.54. The van der Waals surface area contributed by atoms with Gasteiger partial charge in [0.1, 0.15) is 0 Å². The van der Waals surface area contributed by atoms with Crippen LogP contribution in [0.1, 0.15) is 24.0 Å². The molecular weight excluding hydrogens is 244 g/mol. The van der Waals surface area contributed by atoms with Crippen molar-refractivity contribution in [1.29, 1.82) is 0 Å². The van der Waals surface area contributed by atoms with E-state index in [1.165, 1.54) is 11.1 Å². The second-order valence-electron chi connectivity index (χ2n) is 4.85. The van der Waals surface area contributed by atoms with E-state index in [9.17, 15) is 0 Å². The number of ether oxygens (including phenoxy) is 1. The predicted molar refractivity (Wildman–Crippen MR) is 79.1 cm³/mol. The summed E-state index contributed by atoms with van der Waals surface area (Å²) in [6.07, 6.45) is 2.59. The van der Waals surface area contributed by atoms with Gasteiger partial charge in [-0.2, -0.15) is 0 Å². The molecule has 3 nitrogen and oxygen atoms in total. The van der Waals surface area contributed by atoms with Crippen LogP contribution < -0.4 is 10.6 Å². The summed E-state index contributed by atoms with van der Waals surface area (Å²) >= 11 is 5.28. The molecule has 0 radical (unpaired) electrons. The highest BCUT2D eigenvalue weighted by Gasteiger charge is 2.15. The van der Waals surface area contributed by atoms with Crippen molar-refractivity contribution in [3.05, 3.63) is 29.3 Å². The van der Waals surface area contributed by atoms with E-state index in [-0.39, 0.29) is 0 Å². The Morgan fingerprint density at radius 3 is 2.67 bits per heavy atom. The molecule has 0 bridgehead atoms. The van der Waals surface area contributed by atoms with Gasteiger partial charge in [-0.25, -0.2) is 0 Å². The van der Waals surface area contributed by atoms with E-state index in [0.29, 0.717) is 11.2 Å². The van der Waals surface area contributed by atoms with Crippen LogP contribution in [0.15, 0.2) is 18.2 Å². The van der Waals surface area contributed by atoms with E-state index < -0.39 is 0 Å². The fraction of sp³-hybridized carbons (Fsp3) is 0.500. The lowest BCUT2D eigenvalue weighted by Crippen LogP contribution is -2.34. The lowest BCUT2D eigenvalue weighted by molar-refractivity contribution is 0.114. The average Bonchev–Trinajstić information content (AvgIpc) is 2.77. The van der Waals surface area contributed by atoms with Crippen LogP contribution in [0.4, 0.5) is 5.69 Å². The second kappa shape index (κ2) is 6.16. The Hall–Kier alpha value is -1.13. The van der Waals surface area contributed by atoms with Crippen LogP contribution in [0, 0.1) is 13.8 Å². The van der Waals surface area contributed by atoms with E-state index in [4.69, 9.17) is 17.0 Å². The van der Waals surface area contributed by atoms with Crippen molar-refractivity contribution in [3.63, 3.8) is 0 Å². The standard InChI is InChI=1S/C14H20N2OS/c1-10-6-11(2)8-12(7-10)16-14(18)15-9-13-4-3-5-17-13/h6-8,13H,3-5,9H2,1-2H3,(H2,15,16,18)/t13-/m1/s1. The van der Waals surface area contributed by atoms with E-state index in [1.54, 1.807) is 0 Å². The Labute approximate surface area is 114 Å². The van der Waals surface area contributed by atoms with Crippen LogP contribution in [0.2, 0.25) is 0 Å². The fourth-order valence-electron chi connectivity index (χ4n) is 2.23. The molecule has 18 heavy (non-hydrogen) atoms. The minimum absolute atomic E-state index is 0.309. The fourth-order valence-corrected chi connectivity index (χ4v) is 2.44. The van der Waals surface area contributed by atoms with Crippen LogP contribution in [-0.4, -0.2) is 24.4 Å². The van der Waals surface area contributed by atoms with Crippen LogP contribution in [0.25, 0.3) is 0 Å². The highest BCUT2D eigenvalue weighted by Crippen LogP contribution is 2.14. The van der Waals surface area contributed by atoms with Crippen LogP contribution >= 0.6 is 12.2 Å². The van der Waals surface area contributed by atoms with Gasteiger partial charge in [-0.3, -0.25) is 0 Å². The number of hydrogen-bond acceptors (Lipinski definition) is 2. The number of nitrogens with one attached hydrogen (secondary N) is 2. The van der Waals surface area contributed by atoms with E-state index in [2.05, 4.69) is 42.7 Å². The number of hydrogen-bond donors (Lipinski definition) is 2. The molecule has 1 heterocycles. The Morgan fingerprint density at radius 1 is 1.33 bits per heavy atom. The summed E-state index contributed by atoms with van der Waals surface area (Å²) in [6, 6.07) is 6.33. The Kier molecular flexibility index (Phi) is 4.55. The molecule has 0 aliphatic carbocycles. The van der Waals surface area contributed by atoms with Crippen molar-refractivity contribution in [2.24, 2.45) is 0 Å². The molecule has 0 saturated carbocycles. The van der Waals surface area contributed by atoms with Crippen molar-refractivity contribution in [3.8, 4) is 0 Å². The normalized spacial score (nSPS) is 18.7. The van der Waals surface area contributed by atoms with Gasteiger partial charge in [0.15, 0.2) is 5.11 Å². The van der Waals surface area contributed by atoms with Crippen molar-refractivity contribution in [1.82, 2.24) is 5.32 Å². The molecule has 0 aromatic heterocycles. The largest absolute Gasteiger partial charge is 0.376 e. The maximum absolute atomic E-state index is 5.54. The van der Waals surface area contributed by atoms with E-state index in [1.807, 2.05) is 0 Å². The Balaban J connectivity index is 1.82. The van der Waals surface area contributed by atoms with Gasteiger partial charge in [-0.05, 0) is 62.2 Å². The molecule has 0 amide bonds. The molecule has 0 unspecified atom stereocenters. The van der Waals surface area contributed by atoms with Gasteiger partial charge >= 0.3 is 0 Å². The predicted octanol–water partition coefficient (Wildman–Crippen LogP) is 2.77. The first-order chi connectivity index (χ1) is 8.63. The Bertz CT molecular complexity index is 408. The van der Waals surface area contributed by atoms with E-state index in [0.717, 1.165) is 31.7 Å². The quantitative estimate of drug-likeness (QED) is 0.823. The molecule has 0 spiro atoms. The molecule has 98 valence electrons. The lowest BCUT2D eigenvalue weighted by atomic mass is 10.1. The third-order valence-electron chi connectivity index (χ3n) is 2.99. The summed E-state index contributed by atoms with van der Waals surface area (Å²) < 4.78 is 5.54. The zero-order valence-corrected chi connectivity index (χ0v) is 11.8. The minimum atomic E-state index is 0.309. The number of benzene rings is 1. The molecule has 1 atom stereocenters. The Morgan fingerprint density at radius 2 is 2.06 bits per heavy atom. The topological polar surface area (TPSA) is 33.3 Å². The van der Waals surface area contributed by atoms with Gasteiger partial charge in [0.25, 0.3) is 0 Å². The molecule has 1 saturated heterocycles. The number of thiocarbonyl (C=S) groups is 1. The van der Waals surface area contributed by atoms with Crippen LogP contribution in [0.3, 0.4) is 0 Å². The summed E-state index contributed by atoms with van der Waals surface area (Å²) in [5.74, 6) is 0. The summed E-state index contributed by atoms with van der Waals surface area (Å²) in [7, 11) is 0. The van der Waals surface area contributed by atoms with E-state index >= 15 is 0 Å². The smallest absolute Gasteiger partial charge is 0.170 e. The maximum Gasteiger partial charge on any atom is 0.170 e. The SMILES string of the molecule is Cc1cc(C)cc(NC(=S)NC[C@H]2CCCO2)c1. The third-order valence-corrected chi connectivity index (χ3v) is 3.24. The van der Waals surface area contributed by atoms with Crippen LogP contribution in [0.5, 0.6) is 0 Å². The lowest BCUT2D eigenvalue weighted by Gasteiger charge is -2.14. The van der Waals surface area contributed by atoms with Gasteiger partial charge < -0.3 is 15.4 Å². The molecule has 1 aromatic rings. The zero-order chi connectivity index (χ0) is 13.0. The molecule has 1 aliphatic heterocycles. The zero-order valence-electron chi connectivity index (χ0n) is 11.0. The van der Waals surface area contributed by atoms with Crippen molar-refractivity contribution in [2.75, 3.05) is 18.5 Å². The van der Waals surface area contributed by atoms with Gasteiger partial charge in [0.2, 0.25) is 0 Å². The molecule has 4 heteroatoms. The van der Waals surface area contributed by atoms with Crippen LogP contribution in [-0.2, 0) is 4.74 Å². The first-order valence-corrected chi connectivity index (χ1v) is 6.79. The van der Waals surface area contributed by atoms with Crippen molar-refractivity contribution >= 4 is 23.0 Å². The first-order valence-electron chi connectivity index (χ1n) is 6.38. The number of rotatable bonds is 3. The molecule has 2 rings (SSSR count). The van der Waals surface area contributed by atoms with Gasteiger partial charge in [0, 0.05) is 18.8 Å². The summed E-state index contributed by atoms with van der Waals surface area (Å²) in [4.78, 5) is 0. The third kappa shape index (κ3) is 3.96. The minimum Gasteiger partial charge on any atom is -0.376 e. The molecule has 1 aromatic carbocycles. The van der Waals surface area contributed by atoms with Crippen molar-refractivity contribution < 1.29 is 4.74 Å². The first kappa shape index (κ1) is 13.3. The molecular formula is C14H20N2OS.